The van der Waals surface area contributed by atoms with Gasteiger partial charge in [-0.2, -0.15) is 0 Å². The molecule has 0 atom stereocenters. The predicted octanol–water partition coefficient (Wildman–Crippen LogP) is 4.11. The molecule has 0 aliphatic rings. The van der Waals surface area contributed by atoms with Gasteiger partial charge >= 0.3 is 0 Å². The van der Waals surface area contributed by atoms with Gasteiger partial charge < -0.3 is 0 Å². The third-order valence-electron chi connectivity index (χ3n) is 3.62. The highest BCUT2D eigenvalue weighted by Gasteiger charge is 2.33. The molecular weight excluding hydrogens is 353 g/mol. The second-order valence-corrected chi connectivity index (χ2v) is 6.86. The van der Waals surface area contributed by atoms with Gasteiger partial charge in [0.1, 0.15) is 0 Å². The summed E-state index contributed by atoms with van der Waals surface area (Å²) in [6, 6.07) is 2.76. The number of hydrogen-bond donors (Lipinski definition) is 1. The Labute approximate surface area is 135 Å². The molecule has 2 aromatic carbocycles. The molecule has 2 aromatic rings. The number of nitrogens with one attached hydrogen (secondary N) is 1. The molecule has 24 heavy (non-hydrogen) atoms. The Morgan fingerprint density at radius 2 is 1.12 bits per heavy atom. The first-order valence-corrected chi connectivity index (χ1v) is 8.07. The lowest BCUT2D eigenvalue weighted by Gasteiger charge is -2.13. The molecule has 0 aromatic heterocycles. The van der Waals surface area contributed by atoms with Gasteiger partial charge in [-0.15, -0.1) is 0 Å². The van der Waals surface area contributed by atoms with Crippen molar-refractivity contribution in [3.63, 3.8) is 0 Å². The van der Waals surface area contributed by atoms with Crippen LogP contribution in [0.1, 0.15) is 16.7 Å². The van der Waals surface area contributed by atoms with E-state index in [1.807, 2.05) is 4.72 Å². The molecule has 0 bridgehead atoms. The van der Waals surface area contributed by atoms with Gasteiger partial charge in [-0.3, -0.25) is 4.72 Å². The van der Waals surface area contributed by atoms with Crippen molar-refractivity contribution in [2.45, 2.75) is 25.7 Å². The van der Waals surface area contributed by atoms with Crippen LogP contribution in [-0.2, 0) is 10.0 Å². The molecule has 0 unspecified atom stereocenters. The number of halogens is 5. The first-order valence-electron chi connectivity index (χ1n) is 6.59. The molecule has 0 fully saturated rings. The van der Waals surface area contributed by atoms with Gasteiger partial charge in [-0.05, 0) is 49.6 Å². The van der Waals surface area contributed by atoms with Crippen LogP contribution in [0.5, 0.6) is 0 Å². The fourth-order valence-corrected chi connectivity index (χ4v) is 3.30. The molecule has 0 aliphatic heterocycles. The minimum absolute atomic E-state index is 0.0560. The largest absolute Gasteiger partial charge is 0.279 e. The summed E-state index contributed by atoms with van der Waals surface area (Å²) < 4.78 is 92.9. The number of benzene rings is 2. The quantitative estimate of drug-likeness (QED) is 0.506. The van der Waals surface area contributed by atoms with Crippen molar-refractivity contribution >= 4 is 15.7 Å². The SMILES string of the molecule is Cc1cc(NS(=O)(=O)c2c(F)c(F)c(F)c(F)c2F)cc(C)c1C. The van der Waals surface area contributed by atoms with E-state index >= 15 is 0 Å². The maximum atomic E-state index is 13.7. The Balaban J connectivity index is 2.61. The second-order valence-electron chi connectivity index (χ2n) is 5.24. The third-order valence-corrected chi connectivity index (χ3v) is 5.02. The molecule has 0 aliphatic carbocycles. The number of sulfonamides is 1. The lowest BCUT2D eigenvalue weighted by Crippen LogP contribution is -2.19. The standard InChI is InChI=1S/C15H12F5NO2S/c1-6-4-9(5-7(2)8(6)3)21-24(22,23)15-13(19)11(17)10(16)12(18)14(15)20/h4-5,21H,1-3H3. The van der Waals surface area contributed by atoms with Crippen molar-refractivity contribution in [2.75, 3.05) is 4.72 Å². The van der Waals surface area contributed by atoms with Crippen molar-refractivity contribution in [3.05, 3.63) is 57.9 Å². The molecule has 0 heterocycles. The van der Waals surface area contributed by atoms with Crippen molar-refractivity contribution in [2.24, 2.45) is 0 Å². The third kappa shape index (κ3) is 2.95. The monoisotopic (exact) mass is 365 g/mol. The van der Waals surface area contributed by atoms with Gasteiger partial charge in [0.25, 0.3) is 10.0 Å². The summed E-state index contributed by atoms with van der Waals surface area (Å²) in [5, 5.41) is 0. The topological polar surface area (TPSA) is 46.2 Å². The maximum Gasteiger partial charge on any atom is 0.267 e. The zero-order valence-corrected chi connectivity index (χ0v) is 13.6. The van der Waals surface area contributed by atoms with E-state index in [1.165, 1.54) is 12.1 Å². The molecule has 0 saturated carbocycles. The van der Waals surface area contributed by atoms with E-state index in [0.717, 1.165) is 5.56 Å². The highest BCUT2D eigenvalue weighted by molar-refractivity contribution is 7.92. The normalized spacial score (nSPS) is 11.7. The van der Waals surface area contributed by atoms with Gasteiger partial charge in [0.15, 0.2) is 28.2 Å². The fourth-order valence-electron chi connectivity index (χ4n) is 2.12. The molecule has 0 radical (unpaired) electrons. The first-order chi connectivity index (χ1) is 11.0. The molecule has 2 rings (SSSR count). The Hall–Kier alpha value is -2.16. The summed E-state index contributed by atoms with van der Waals surface area (Å²) in [6.45, 7) is 5.14. The molecule has 9 heteroatoms. The lowest BCUT2D eigenvalue weighted by molar-refractivity contribution is 0.358. The summed E-state index contributed by atoms with van der Waals surface area (Å²) in [5.41, 5.74) is 2.18. The average Bonchev–Trinajstić information content (AvgIpc) is 2.48. The van der Waals surface area contributed by atoms with E-state index in [4.69, 9.17) is 0 Å². The fraction of sp³-hybridized carbons (Fsp3) is 0.200. The van der Waals surface area contributed by atoms with Crippen LogP contribution in [0.2, 0.25) is 0 Å². The van der Waals surface area contributed by atoms with E-state index in [-0.39, 0.29) is 5.69 Å². The molecule has 1 N–H and O–H groups in total. The molecular formula is C15H12F5NO2S. The zero-order chi connectivity index (χ0) is 18.4. The Kier molecular flexibility index (Phi) is 4.58. The smallest absolute Gasteiger partial charge is 0.267 e. The van der Waals surface area contributed by atoms with E-state index in [2.05, 4.69) is 0 Å². The Morgan fingerprint density at radius 1 is 0.750 bits per heavy atom. The summed E-state index contributed by atoms with van der Waals surface area (Å²) in [7, 11) is -5.03. The van der Waals surface area contributed by atoms with Crippen molar-refractivity contribution < 1.29 is 30.4 Å². The average molecular weight is 365 g/mol. The van der Waals surface area contributed by atoms with Crippen LogP contribution < -0.4 is 4.72 Å². The van der Waals surface area contributed by atoms with Crippen LogP contribution in [0, 0.1) is 49.9 Å². The molecule has 130 valence electrons. The molecule has 0 saturated heterocycles. The number of aryl methyl sites for hydroxylation is 2. The zero-order valence-electron chi connectivity index (χ0n) is 12.8. The van der Waals surface area contributed by atoms with E-state index in [1.54, 1.807) is 20.8 Å². The van der Waals surface area contributed by atoms with E-state index < -0.39 is 44.0 Å². The van der Waals surface area contributed by atoms with Crippen LogP contribution in [0.15, 0.2) is 17.0 Å². The van der Waals surface area contributed by atoms with Gasteiger partial charge in [0.2, 0.25) is 5.82 Å². The van der Waals surface area contributed by atoms with Gasteiger partial charge in [0.05, 0.1) is 0 Å². The Bertz CT molecular complexity index is 889. The predicted molar refractivity (Wildman–Crippen MR) is 77.7 cm³/mol. The van der Waals surface area contributed by atoms with Crippen molar-refractivity contribution in [1.82, 2.24) is 0 Å². The summed E-state index contributed by atoms with van der Waals surface area (Å²) in [5.74, 6) is -11.9. The highest BCUT2D eigenvalue weighted by atomic mass is 32.2. The minimum atomic E-state index is -5.03. The van der Waals surface area contributed by atoms with Gasteiger partial charge in [-0.1, -0.05) is 0 Å². The van der Waals surface area contributed by atoms with Crippen LogP contribution in [0.3, 0.4) is 0 Å². The summed E-state index contributed by atoms with van der Waals surface area (Å²) in [4.78, 5) is -1.92. The summed E-state index contributed by atoms with van der Waals surface area (Å²) >= 11 is 0. The molecule has 0 amide bonds. The number of anilines is 1. The van der Waals surface area contributed by atoms with Gasteiger partial charge in [0, 0.05) is 5.69 Å². The second kappa shape index (κ2) is 6.04. The molecule has 3 nitrogen and oxygen atoms in total. The number of rotatable bonds is 3. The lowest BCUT2D eigenvalue weighted by atomic mass is 10.0. The number of hydrogen-bond acceptors (Lipinski definition) is 2. The van der Waals surface area contributed by atoms with E-state index in [0.29, 0.717) is 11.1 Å². The maximum absolute atomic E-state index is 13.7. The summed E-state index contributed by atoms with van der Waals surface area (Å²) in [6.07, 6.45) is 0. The highest BCUT2D eigenvalue weighted by Crippen LogP contribution is 2.29. The van der Waals surface area contributed by atoms with Gasteiger partial charge in [-0.25, -0.2) is 30.4 Å². The van der Waals surface area contributed by atoms with Crippen LogP contribution in [-0.4, -0.2) is 8.42 Å². The van der Waals surface area contributed by atoms with Crippen LogP contribution in [0.25, 0.3) is 0 Å². The molecule has 0 spiro atoms. The van der Waals surface area contributed by atoms with Crippen LogP contribution >= 0.6 is 0 Å². The van der Waals surface area contributed by atoms with E-state index in [9.17, 15) is 30.4 Å². The first kappa shape index (κ1) is 18.2. The minimum Gasteiger partial charge on any atom is -0.279 e. The Morgan fingerprint density at radius 3 is 1.54 bits per heavy atom. The van der Waals surface area contributed by atoms with Crippen molar-refractivity contribution in [1.29, 1.82) is 0 Å². The van der Waals surface area contributed by atoms with Crippen molar-refractivity contribution in [3.8, 4) is 0 Å². The van der Waals surface area contributed by atoms with Crippen LogP contribution in [0.4, 0.5) is 27.6 Å².